The summed E-state index contributed by atoms with van der Waals surface area (Å²) >= 11 is 3.41. The Morgan fingerprint density at radius 2 is 1.67 bits per heavy atom. The lowest BCUT2D eigenvalue weighted by Crippen LogP contribution is -2.30. The van der Waals surface area contributed by atoms with Crippen molar-refractivity contribution in [1.29, 1.82) is 0 Å². The Hall–Kier alpha value is -3.52. The molecule has 1 amide bonds. The largest absolute Gasteiger partial charge is 0.507 e. The molecule has 0 aromatic heterocycles. The van der Waals surface area contributed by atoms with Crippen molar-refractivity contribution < 1.29 is 23.5 Å². The third kappa shape index (κ3) is 4.53. The first kappa shape index (κ1) is 25.6. The van der Waals surface area contributed by atoms with Crippen molar-refractivity contribution in [3.05, 3.63) is 99.0 Å². The van der Waals surface area contributed by atoms with Crippen molar-refractivity contribution in [2.45, 2.75) is 26.8 Å². The van der Waals surface area contributed by atoms with Gasteiger partial charge in [0.1, 0.15) is 17.4 Å². The minimum atomic E-state index is -1.16. The summed E-state index contributed by atoms with van der Waals surface area (Å²) in [6.45, 7) is 7.45. The van der Waals surface area contributed by atoms with Crippen LogP contribution in [0.25, 0.3) is 5.76 Å². The minimum Gasteiger partial charge on any atom is -0.507 e. The van der Waals surface area contributed by atoms with E-state index < -0.39 is 29.4 Å². The molecule has 1 heterocycles. The maximum atomic E-state index is 14.9. The lowest BCUT2D eigenvalue weighted by molar-refractivity contribution is -0.132. The number of hydrogen-bond acceptors (Lipinski definition) is 4. The molecule has 0 bridgehead atoms. The summed E-state index contributed by atoms with van der Waals surface area (Å²) in [5, 5.41) is 11.3. The molecule has 5 nitrogen and oxygen atoms in total. The molecule has 1 N–H and O–H groups in total. The fourth-order valence-electron chi connectivity index (χ4n) is 4.47. The Morgan fingerprint density at radius 1 is 1.00 bits per heavy atom. The molecule has 4 rings (SSSR count). The molecule has 0 radical (unpaired) electrons. The number of aliphatic hydroxyl groups excluding tert-OH is 1. The van der Waals surface area contributed by atoms with Crippen LogP contribution in [-0.4, -0.2) is 29.9 Å². The molecule has 1 aliphatic rings. The van der Waals surface area contributed by atoms with Gasteiger partial charge < -0.3 is 10.0 Å². The molecule has 0 aliphatic carbocycles. The van der Waals surface area contributed by atoms with E-state index in [1.165, 1.54) is 0 Å². The van der Waals surface area contributed by atoms with Crippen LogP contribution in [0.15, 0.2) is 70.7 Å². The Kier molecular flexibility index (Phi) is 7.26. The summed E-state index contributed by atoms with van der Waals surface area (Å²) in [5.41, 5.74) is 1.98. The highest BCUT2D eigenvalue weighted by molar-refractivity contribution is 9.10. The normalized spacial score (nSPS) is 17.1. The Morgan fingerprint density at radius 3 is 2.28 bits per heavy atom. The number of benzene rings is 3. The van der Waals surface area contributed by atoms with Gasteiger partial charge in [-0.3, -0.25) is 14.5 Å². The highest BCUT2D eigenvalue weighted by Gasteiger charge is 2.47. The Labute approximate surface area is 216 Å². The van der Waals surface area contributed by atoms with E-state index in [9.17, 15) is 23.5 Å². The van der Waals surface area contributed by atoms with Crippen LogP contribution in [0, 0.1) is 18.6 Å². The monoisotopic (exact) mass is 554 g/mol. The first-order valence-corrected chi connectivity index (χ1v) is 12.3. The summed E-state index contributed by atoms with van der Waals surface area (Å²) in [6.07, 6.45) is 0. The molecule has 3 aromatic rings. The molecule has 0 spiro atoms. The fourth-order valence-corrected chi connectivity index (χ4v) is 4.72. The average molecular weight is 555 g/mol. The molecule has 1 saturated heterocycles. The van der Waals surface area contributed by atoms with Gasteiger partial charge in [-0.15, -0.1) is 0 Å². The fraction of sp³-hybridized carbons (Fsp3) is 0.214. The third-order valence-electron chi connectivity index (χ3n) is 6.38. The lowest BCUT2D eigenvalue weighted by Gasteiger charge is -2.27. The lowest BCUT2D eigenvalue weighted by atomic mass is 9.94. The molecule has 8 heteroatoms. The topological polar surface area (TPSA) is 60.9 Å². The van der Waals surface area contributed by atoms with Crippen molar-refractivity contribution in [1.82, 2.24) is 0 Å². The molecule has 1 unspecified atom stereocenters. The van der Waals surface area contributed by atoms with Gasteiger partial charge in [-0.1, -0.05) is 34.1 Å². The number of carbonyl (C=O) groups excluding carboxylic acids is 2. The van der Waals surface area contributed by atoms with Crippen molar-refractivity contribution in [3.63, 3.8) is 0 Å². The predicted octanol–water partition coefficient (Wildman–Crippen LogP) is 6.51. The quantitative estimate of drug-likeness (QED) is 0.214. The molecular weight excluding hydrogens is 530 g/mol. The van der Waals surface area contributed by atoms with Gasteiger partial charge in [0.05, 0.1) is 17.3 Å². The van der Waals surface area contributed by atoms with Crippen LogP contribution in [0.2, 0.25) is 0 Å². The van der Waals surface area contributed by atoms with Crippen molar-refractivity contribution in [2.75, 3.05) is 22.9 Å². The number of rotatable bonds is 6. The molecule has 36 heavy (non-hydrogen) atoms. The van der Waals surface area contributed by atoms with Crippen LogP contribution in [0.1, 0.15) is 36.6 Å². The zero-order valence-corrected chi connectivity index (χ0v) is 21.6. The summed E-state index contributed by atoms with van der Waals surface area (Å²) in [6, 6.07) is 13.7. The molecule has 186 valence electrons. The van der Waals surface area contributed by atoms with Crippen molar-refractivity contribution >= 4 is 44.8 Å². The number of nitrogens with zero attached hydrogens (tertiary/aromatic N) is 2. The average Bonchev–Trinajstić information content (AvgIpc) is 3.13. The first-order valence-electron chi connectivity index (χ1n) is 11.5. The summed E-state index contributed by atoms with van der Waals surface area (Å²) < 4.78 is 29.8. The number of Topliss-reactive ketones (excluding diaryl/α,β-unsaturated/α-hetero) is 1. The number of aryl methyl sites for hydroxylation is 1. The second-order valence-corrected chi connectivity index (χ2v) is 9.35. The van der Waals surface area contributed by atoms with E-state index in [1.807, 2.05) is 32.9 Å². The number of halogens is 3. The second-order valence-electron chi connectivity index (χ2n) is 8.49. The van der Waals surface area contributed by atoms with Gasteiger partial charge in [0.25, 0.3) is 11.7 Å². The van der Waals surface area contributed by atoms with Crippen LogP contribution in [-0.2, 0) is 9.59 Å². The van der Waals surface area contributed by atoms with Gasteiger partial charge >= 0.3 is 0 Å². The van der Waals surface area contributed by atoms with Gasteiger partial charge in [0, 0.05) is 34.9 Å². The first-order chi connectivity index (χ1) is 17.2. The maximum absolute atomic E-state index is 14.9. The smallest absolute Gasteiger partial charge is 0.300 e. The van der Waals surface area contributed by atoms with E-state index in [1.54, 1.807) is 30.3 Å². The van der Waals surface area contributed by atoms with Gasteiger partial charge in [-0.05, 0) is 68.3 Å². The SMILES string of the molecule is CCN(CC)c1ccc(C2/C(=C(\O)c3ccc(Br)c(C)c3)C(=O)C(=O)N2c2cc(F)ccc2F)cc1. The highest BCUT2D eigenvalue weighted by Crippen LogP contribution is 2.43. The van der Waals surface area contributed by atoms with Crippen LogP contribution >= 0.6 is 15.9 Å². The molecule has 1 atom stereocenters. The zero-order valence-electron chi connectivity index (χ0n) is 20.1. The zero-order chi connectivity index (χ0) is 26.1. The van der Waals surface area contributed by atoms with Crippen LogP contribution < -0.4 is 9.80 Å². The number of ketones is 1. The van der Waals surface area contributed by atoms with Crippen LogP contribution in [0.4, 0.5) is 20.2 Å². The van der Waals surface area contributed by atoms with E-state index >= 15 is 0 Å². The molecule has 0 saturated carbocycles. The van der Waals surface area contributed by atoms with Gasteiger partial charge in [0.15, 0.2) is 0 Å². The third-order valence-corrected chi connectivity index (χ3v) is 7.27. The minimum absolute atomic E-state index is 0.194. The number of anilines is 2. The molecular formula is C28H25BrF2N2O3. The second kappa shape index (κ2) is 10.2. The van der Waals surface area contributed by atoms with Crippen LogP contribution in [0.3, 0.4) is 0 Å². The van der Waals surface area contributed by atoms with E-state index in [4.69, 9.17) is 0 Å². The number of amides is 1. The summed E-state index contributed by atoms with van der Waals surface area (Å²) in [4.78, 5) is 29.5. The summed E-state index contributed by atoms with van der Waals surface area (Å²) in [5.74, 6) is -4.03. The number of aliphatic hydroxyl groups is 1. The predicted molar refractivity (Wildman–Crippen MR) is 140 cm³/mol. The van der Waals surface area contributed by atoms with Crippen LogP contribution in [0.5, 0.6) is 0 Å². The molecule has 1 fully saturated rings. The Bertz CT molecular complexity index is 1370. The summed E-state index contributed by atoms with van der Waals surface area (Å²) in [7, 11) is 0. The Balaban J connectivity index is 1.94. The van der Waals surface area contributed by atoms with Gasteiger partial charge in [-0.25, -0.2) is 8.78 Å². The van der Waals surface area contributed by atoms with E-state index in [-0.39, 0.29) is 17.0 Å². The van der Waals surface area contributed by atoms with Gasteiger partial charge in [-0.2, -0.15) is 0 Å². The highest BCUT2D eigenvalue weighted by atomic mass is 79.9. The van der Waals surface area contributed by atoms with E-state index in [2.05, 4.69) is 20.8 Å². The number of carbonyl (C=O) groups is 2. The van der Waals surface area contributed by atoms with Crippen molar-refractivity contribution in [2.24, 2.45) is 0 Å². The van der Waals surface area contributed by atoms with Gasteiger partial charge in [0.2, 0.25) is 0 Å². The molecule has 1 aliphatic heterocycles. The van der Waals surface area contributed by atoms with Crippen molar-refractivity contribution in [3.8, 4) is 0 Å². The standard InChI is InChI=1S/C28H25BrF2N2O3/c1-4-32(5-2)20-10-6-17(7-11-20)25-24(26(34)18-8-12-21(29)16(3)14-18)27(35)28(36)33(25)23-15-19(30)9-13-22(23)31/h6-15,25,34H,4-5H2,1-3H3/b26-24+. The maximum Gasteiger partial charge on any atom is 0.300 e. The number of hydrogen-bond donors (Lipinski definition) is 1. The molecule has 3 aromatic carbocycles. The van der Waals surface area contributed by atoms with E-state index in [0.717, 1.165) is 51.9 Å². The van der Waals surface area contributed by atoms with E-state index in [0.29, 0.717) is 11.1 Å².